The SMILES string of the molecule is CC#CC(C)Oc1cc(-c2cccc(F)c2F)ncn1. The van der Waals surface area contributed by atoms with E-state index in [2.05, 4.69) is 21.8 Å². The molecule has 0 radical (unpaired) electrons. The van der Waals surface area contributed by atoms with Crippen LogP contribution in [0.3, 0.4) is 0 Å². The summed E-state index contributed by atoms with van der Waals surface area (Å²) in [5.41, 5.74) is 0.315. The van der Waals surface area contributed by atoms with Crippen LogP contribution in [0.25, 0.3) is 11.3 Å². The fourth-order valence-corrected chi connectivity index (χ4v) is 1.67. The summed E-state index contributed by atoms with van der Waals surface area (Å²) in [5.74, 6) is 3.92. The predicted molar refractivity (Wildman–Crippen MR) is 70.9 cm³/mol. The van der Waals surface area contributed by atoms with Crippen LogP contribution >= 0.6 is 0 Å². The highest BCUT2D eigenvalue weighted by Gasteiger charge is 2.12. The molecule has 1 aromatic carbocycles. The standard InChI is InChI=1S/C15H12F2N2O/c1-3-5-10(2)20-14-8-13(18-9-19-14)11-6-4-7-12(16)15(11)17/h4,6-10H,1-2H3. The highest BCUT2D eigenvalue weighted by Crippen LogP contribution is 2.24. The molecule has 0 aliphatic rings. The van der Waals surface area contributed by atoms with Gasteiger partial charge in [0.05, 0.1) is 5.69 Å². The van der Waals surface area contributed by atoms with Gasteiger partial charge in [0, 0.05) is 11.6 Å². The van der Waals surface area contributed by atoms with Crippen LogP contribution in [0.2, 0.25) is 0 Å². The lowest BCUT2D eigenvalue weighted by atomic mass is 10.1. The van der Waals surface area contributed by atoms with Crippen LogP contribution in [-0.4, -0.2) is 16.1 Å². The minimum absolute atomic E-state index is 0.0616. The van der Waals surface area contributed by atoms with Crippen molar-refractivity contribution in [3.05, 3.63) is 42.2 Å². The average molecular weight is 274 g/mol. The third-order valence-electron chi connectivity index (χ3n) is 2.51. The monoisotopic (exact) mass is 274 g/mol. The molecule has 1 unspecified atom stereocenters. The van der Waals surface area contributed by atoms with Crippen LogP contribution in [0.5, 0.6) is 5.88 Å². The van der Waals surface area contributed by atoms with E-state index in [0.29, 0.717) is 0 Å². The molecule has 0 aliphatic carbocycles. The van der Waals surface area contributed by atoms with E-state index in [1.807, 2.05) is 0 Å². The molecule has 0 fully saturated rings. The Bertz CT molecular complexity index is 677. The van der Waals surface area contributed by atoms with Gasteiger partial charge in [-0.1, -0.05) is 12.0 Å². The van der Waals surface area contributed by atoms with Gasteiger partial charge in [-0.3, -0.25) is 0 Å². The van der Waals surface area contributed by atoms with Gasteiger partial charge in [0.2, 0.25) is 5.88 Å². The minimum Gasteiger partial charge on any atom is -0.461 e. The van der Waals surface area contributed by atoms with E-state index in [0.717, 1.165) is 6.07 Å². The first kappa shape index (κ1) is 13.9. The molecule has 1 heterocycles. The molecular weight excluding hydrogens is 262 g/mol. The average Bonchev–Trinajstić information content (AvgIpc) is 2.42. The van der Waals surface area contributed by atoms with Gasteiger partial charge in [-0.25, -0.2) is 18.7 Å². The Morgan fingerprint density at radius 3 is 2.80 bits per heavy atom. The molecule has 3 nitrogen and oxygen atoms in total. The van der Waals surface area contributed by atoms with E-state index in [-0.39, 0.29) is 23.2 Å². The molecule has 2 rings (SSSR count). The molecule has 2 aromatic rings. The maximum absolute atomic E-state index is 13.7. The topological polar surface area (TPSA) is 35.0 Å². The van der Waals surface area contributed by atoms with E-state index in [1.165, 1.54) is 24.5 Å². The van der Waals surface area contributed by atoms with Gasteiger partial charge in [-0.15, -0.1) is 5.92 Å². The zero-order valence-corrected chi connectivity index (χ0v) is 11.0. The molecule has 102 valence electrons. The maximum Gasteiger partial charge on any atom is 0.218 e. The van der Waals surface area contributed by atoms with Gasteiger partial charge in [0.1, 0.15) is 6.33 Å². The molecule has 0 amide bonds. The number of hydrogen-bond donors (Lipinski definition) is 0. The molecule has 0 saturated heterocycles. The fraction of sp³-hybridized carbons (Fsp3) is 0.200. The maximum atomic E-state index is 13.7. The van der Waals surface area contributed by atoms with Crippen molar-refractivity contribution in [3.63, 3.8) is 0 Å². The molecule has 20 heavy (non-hydrogen) atoms. The first-order chi connectivity index (χ1) is 9.61. The van der Waals surface area contributed by atoms with Gasteiger partial charge in [0.15, 0.2) is 17.7 Å². The number of rotatable bonds is 3. The molecule has 0 spiro atoms. The largest absolute Gasteiger partial charge is 0.461 e. The molecule has 0 bridgehead atoms. The number of aromatic nitrogens is 2. The summed E-state index contributed by atoms with van der Waals surface area (Å²) in [6.07, 6.45) is 0.890. The second kappa shape index (κ2) is 6.11. The zero-order chi connectivity index (χ0) is 14.5. The highest BCUT2D eigenvalue weighted by molar-refractivity contribution is 5.60. The molecular formula is C15H12F2N2O. The Labute approximate surface area is 115 Å². The third-order valence-corrected chi connectivity index (χ3v) is 2.51. The first-order valence-corrected chi connectivity index (χ1v) is 5.97. The Morgan fingerprint density at radius 1 is 1.25 bits per heavy atom. The van der Waals surface area contributed by atoms with E-state index in [4.69, 9.17) is 4.74 Å². The summed E-state index contributed by atoms with van der Waals surface area (Å²) in [6, 6.07) is 5.36. The molecule has 1 atom stereocenters. The fourth-order valence-electron chi connectivity index (χ4n) is 1.67. The van der Waals surface area contributed by atoms with Crippen molar-refractivity contribution in [1.82, 2.24) is 9.97 Å². The summed E-state index contributed by atoms with van der Waals surface area (Å²) in [7, 11) is 0. The summed E-state index contributed by atoms with van der Waals surface area (Å²) in [4.78, 5) is 7.85. The normalized spacial score (nSPS) is 11.4. The van der Waals surface area contributed by atoms with Gasteiger partial charge < -0.3 is 4.74 Å². The lowest BCUT2D eigenvalue weighted by Crippen LogP contribution is -2.10. The second-order valence-electron chi connectivity index (χ2n) is 4.00. The van der Waals surface area contributed by atoms with Crippen LogP contribution < -0.4 is 4.74 Å². The lowest BCUT2D eigenvalue weighted by molar-refractivity contribution is 0.267. The first-order valence-electron chi connectivity index (χ1n) is 5.97. The number of benzene rings is 1. The van der Waals surface area contributed by atoms with Crippen LogP contribution in [-0.2, 0) is 0 Å². The van der Waals surface area contributed by atoms with Crippen molar-refractivity contribution in [2.75, 3.05) is 0 Å². The number of hydrogen-bond acceptors (Lipinski definition) is 3. The quantitative estimate of drug-likeness (QED) is 0.806. The van der Waals surface area contributed by atoms with Gasteiger partial charge in [-0.2, -0.15) is 0 Å². The molecule has 5 heteroatoms. The van der Waals surface area contributed by atoms with Crippen molar-refractivity contribution in [1.29, 1.82) is 0 Å². The van der Waals surface area contributed by atoms with Crippen molar-refractivity contribution in [3.8, 4) is 29.0 Å². The summed E-state index contributed by atoms with van der Waals surface area (Å²) in [5, 5.41) is 0. The summed E-state index contributed by atoms with van der Waals surface area (Å²) < 4.78 is 32.4. The van der Waals surface area contributed by atoms with Crippen LogP contribution in [0.1, 0.15) is 13.8 Å². The lowest BCUT2D eigenvalue weighted by Gasteiger charge is -2.09. The van der Waals surface area contributed by atoms with Crippen molar-refractivity contribution in [2.45, 2.75) is 20.0 Å². The van der Waals surface area contributed by atoms with Crippen molar-refractivity contribution in [2.24, 2.45) is 0 Å². The van der Waals surface area contributed by atoms with Crippen LogP contribution in [0.4, 0.5) is 8.78 Å². The Hall–Kier alpha value is -2.48. The van der Waals surface area contributed by atoms with Crippen molar-refractivity contribution < 1.29 is 13.5 Å². The smallest absolute Gasteiger partial charge is 0.218 e. The van der Waals surface area contributed by atoms with Gasteiger partial charge in [0.25, 0.3) is 0 Å². The Balaban J connectivity index is 2.34. The third kappa shape index (κ3) is 3.09. The zero-order valence-electron chi connectivity index (χ0n) is 11.0. The molecule has 0 aliphatic heterocycles. The summed E-state index contributed by atoms with van der Waals surface area (Å²) >= 11 is 0. The number of nitrogens with zero attached hydrogens (tertiary/aromatic N) is 2. The number of halogens is 2. The molecule has 1 aromatic heterocycles. The molecule has 0 N–H and O–H groups in total. The Kier molecular flexibility index (Phi) is 4.26. The van der Waals surface area contributed by atoms with E-state index in [1.54, 1.807) is 13.8 Å². The van der Waals surface area contributed by atoms with E-state index < -0.39 is 11.6 Å². The van der Waals surface area contributed by atoms with Crippen molar-refractivity contribution >= 4 is 0 Å². The van der Waals surface area contributed by atoms with Crippen LogP contribution in [0.15, 0.2) is 30.6 Å². The van der Waals surface area contributed by atoms with E-state index in [9.17, 15) is 8.78 Å². The van der Waals surface area contributed by atoms with Crippen LogP contribution in [0, 0.1) is 23.5 Å². The Morgan fingerprint density at radius 2 is 2.05 bits per heavy atom. The van der Waals surface area contributed by atoms with Gasteiger partial charge in [-0.05, 0) is 26.0 Å². The van der Waals surface area contributed by atoms with E-state index >= 15 is 0 Å². The molecule has 0 saturated carbocycles. The predicted octanol–water partition coefficient (Wildman–Crippen LogP) is 3.21. The second-order valence-corrected chi connectivity index (χ2v) is 4.00. The minimum atomic E-state index is -0.946. The van der Waals surface area contributed by atoms with Gasteiger partial charge >= 0.3 is 0 Å². The summed E-state index contributed by atoms with van der Waals surface area (Å²) in [6.45, 7) is 3.47. The highest BCUT2D eigenvalue weighted by atomic mass is 19.2. The number of ether oxygens (including phenoxy) is 1.